The molecule has 100 valence electrons. The molecule has 2 N–H and O–H groups in total. The minimum absolute atomic E-state index is 0.238. The van der Waals surface area contributed by atoms with E-state index in [9.17, 15) is 0 Å². The highest BCUT2D eigenvalue weighted by molar-refractivity contribution is 7.18. The molecule has 1 heterocycles. The Bertz CT molecular complexity index is 743. The van der Waals surface area contributed by atoms with E-state index in [1.807, 2.05) is 6.07 Å². The molecule has 1 aliphatic carbocycles. The molecule has 1 atom stereocenters. The third-order valence-electron chi connectivity index (χ3n) is 4.03. The van der Waals surface area contributed by atoms with Crippen LogP contribution in [0.5, 0.6) is 0 Å². The van der Waals surface area contributed by atoms with Gasteiger partial charge in [-0.25, -0.2) is 4.98 Å². The van der Waals surface area contributed by atoms with Gasteiger partial charge in [0.2, 0.25) is 0 Å². The molecule has 0 bridgehead atoms. The van der Waals surface area contributed by atoms with Crippen molar-refractivity contribution < 1.29 is 0 Å². The number of rotatable bonds is 2. The molecule has 1 unspecified atom stereocenters. The Hall–Kier alpha value is -1.71. The number of nitrogens with zero attached hydrogens (tertiary/aromatic N) is 1. The number of aromatic nitrogens is 1. The number of hydrogen-bond donors (Lipinski definition) is 1. The van der Waals surface area contributed by atoms with Crippen LogP contribution in [0.2, 0.25) is 0 Å². The number of hydrogen-bond acceptors (Lipinski definition) is 3. The first-order valence-corrected chi connectivity index (χ1v) is 7.83. The summed E-state index contributed by atoms with van der Waals surface area (Å²) in [4.78, 5) is 4.71. The minimum atomic E-state index is 0.238. The molecule has 0 saturated carbocycles. The Kier molecular flexibility index (Phi) is 2.83. The van der Waals surface area contributed by atoms with E-state index in [4.69, 9.17) is 10.7 Å². The van der Waals surface area contributed by atoms with Gasteiger partial charge in [-0.05, 0) is 41.7 Å². The van der Waals surface area contributed by atoms with Crippen molar-refractivity contribution in [2.45, 2.75) is 25.3 Å². The van der Waals surface area contributed by atoms with Gasteiger partial charge < -0.3 is 5.73 Å². The van der Waals surface area contributed by atoms with Crippen molar-refractivity contribution in [2.75, 3.05) is 0 Å². The van der Waals surface area contributed by atoms with Crippen LogP contribution in [0, 0.1) is 0 Å². The van der Waals surface area contributed by atoms with E-state index in [1.54, 1.807) is 11.3 Å². The standard InChI is InChI=1S/C17H16N2S/c18-14-8-6-12-9-11(5-7-13(12)14)10-17-19-15-3-1-2-4-16(15)20-17/h1-5,7,9,14H,6,8,10,18H2. The van der Waals surface area contributed by atoms with Gasteiger partial charge in [0.25, 0.3) is 0 Å². The van der Waals surface area contributed by atoms with Crippen molar-refractivity contribution in [3.8, 4) is 0 Å². The van der Waals surface area contributed by atoms with Crippen LogP contribution in [0.3, 0.4) is 0 Å². The fourth-order valence-electron chi connectivity index (χ4n) is 2.98. The van der Waals surface area contributed by atoms with E-state index in [1.165, 1.54) is 26.4 Å². The molecule has 0 aliphatic heterocycles. The molecular formula is C17H16N2S. The maximum absolute atomic E-state index is 6.09. The number of thiazole rings is 1. The van der Waals surface area contributed by atoms with Crippen LogP contribution in [0.4, 0.5) is 0 Å². The smallest absolute Gasteiger partial charge is 0.0982 e. The quantitative estimate of drug-likeness (QED) is 0.774. The summed E-state index contributed by atoms with van der Waals surface area (Å²) in [6.07, 6.45) is 3.12. The minimum Gasteiger partial charge on any atom is -0.324 e. The maximum Gasteiger partial charge on any atom is 0.0982 e. The number of para-hydroxylation sites is 1. The van der Waals surface area contributed by atoms with Crippen molar-refractivity contribution >= 4 is 21.6 Å². The van der Waals surface area contributed by atoms with E-state index in [-0.39, 0.29) is 6.04 Å². The van der Waals surface area contributed by atoms with Crippen LogP contribution in [0.25, 0.3) is 10.2 Å². The van der Waals surface area contributed by atoms with Crippen molar-refractivity contribution in [3.63, 3.8) is 0 Å². The van der Waals surface area contributed by atoms with Gasteiger partial charge in [0, 0.05) is 12.5 Å². The first-order chi connectivity index (χ1) is 9.79. The lowest BCUT2D eigenvalue weighted by atomic mass is 10.0. The van der Waals surface area contributed by atoms with Gasteiger partial charge in [-0.1, -0.05) is 30.3 Å². The van der Waals surface area contributed by atoms with Gasteiger partial charge in [0.15, 0.2) is 0 Å². The van der Waals surface area contributed by atoms with Gasteiger partial charge in [-0.3, -0.25) is 0 Å². The molecular weight excluding hydrogens is 264 g/mol. The first kappa shape index (κ1) is 12.1. The largest absolute Gasteiger partial charge is 0.324 e. The molecule has 1 aliphatic rings. The molecule has 0 radical (unpaired) electrons. The summed E-state index contributed by atoms with van der Waals surface area (Å²) in [5, 5.41) is 1.19. The summed E-state index contributed by atoms with van der Waals surface area (Å²) in [5.41, 5.74) is 11.3. The molecule has 20 heavy (non-hydrogen) atoms. The van der Waals surface area contributed by atoms with Crippen LogP contribution in [0.15, 0.2) is 42.5 Å². The molecule has 3 aromatic rings. The molecule has 1 aromatic heterocycles. The van der Waals surface area contributed by atoms with Crippen LogP contribution in [-0.4, -0.2) is 4.98 Å². The van der Waals surface area contributed by atoms with E-state index in [2.05, 4.69) is 36.4 Å². The van der Waals surface area contributed by atoms with Crippen molar-refractivity contribution in [3.05, 3.63) is 64.2 Å². The Labute approximate surface area is 122 Å². The Morgan fingerprint density at radius 3 is 3.00 bits per heavy atom. The van der Waals surface area contributed by atoms with E-state index >= 15 is 0 Å². The topological polar surface area (TPSA) is 38.9 Å². The summed E-state index contributed by atoms with van der Waals surface area (Å²) in [6.45, 7) is 0. The average molecular weight is 280 g/mol. The van der Waals surface area contributed by atoms with E-state index in [0.29, 0.717) is 0 Å². The predicted octanol–water partition coefficient (Wildman–Crippen LogP) is 3.83. The van der Waals surface area contributed by atoms with E-state index in [0.717, 1.165) is 24.8 Å². The van der Waals surface area contributed by atoms with Crippen molar-refractivity contribution in [1.82, 2.24) is 4.98 Å². The third-order valence-corrected chi connectivity index (χ3v) is 5.06. The fourth-order valence-corrected chi connectivity index (χ4v) is 3.99. The molecule has 0 saturated heterocycles. The van der Waals surface area contributed by atoms with Crippen LogP contribution < -0.4 is 5.73 Å². The van der Waals surface area contributed by atoms with Gasteiger partial charge in [-0.2, -0.15) is 0 Å². The molecule has 2 nitrogen and oxygen atoms in total. The summed E-state index contributed by atoms with van der Waals surface area (Å²) >= 11 is 1.79. The van der Waals surface area contributed by atoms with Crippen LogP contribution in [0.1, 0.15) is 34.2 Å². The highest BCUT2D eigenvalue weighted by Gasteiger charge is 2.19. The molecule has 2 aromatic carbocycles. The highest BCUT2D eigenvalue weighted by atomic mass is 32.1. The summed E-state index contributed by atoms with van der Waals surface area (Å²) in [6, 6.07) is 15.3. The van der Waals surface area contributed by atoms with Gasteiger partial charge in [0.1, 0.15) is 0 Å². The second-order valence-electron chi connectivity index (χ2n) is 5.43. The fraction of sp³-hybridized carbons (Fsp3) is 0.235. The number of fused-ring (bicyclic) bond motifs is 2. The molecule has 0 fully saturated rings. The highest BCUT2D eigenvalue weighted by Crippen LogP contribution is 2.31. The maximum atomic E-state index is 6.09. The second kappa shape index (κ2) is 4.69. The lowest BCUT2D eigenvalue weighted by Gasteiger charge is -2.06. The summed E-state index contributed by atoms with van der Waals surface area (Å²) < 4.78 is 1.27. The summed E-state index contributed by atoms with van der Waals surface area (Å²) in [7, 11) is 0. The molecule has 4 rings (SSSR count). The zero-order valence-electron chi connectivity index (χ0n) is 11.2. The summed E-state index contributed by atoms with van der Waals surface area (Å²) in [5.74, 6) is 0. The molecule has 0 amide bonds. The normalized spacial score (nSPS) is 17.6. The number of aryl methyl sites for hydroxylation is 1. The third kappa shape index (κ3) is 2.03. The zero-order chi connectivity index (χ0) is 13.5. The lowest BCUT2D eigenvalue weighted by Crippen LogP contribution is -2.05. The second-order valence-corrected chi connectivity index (χ2v) is 6.55. The van der Waals surface area contributed by atoms with Gasteiger partial charge in [-0.15, -0.1) is 11.3 Å². The Morgan fingerprint density at radius 1 is 1.20 bits per heavy atom. The number of nitrogens with two attached hydrogens (primary N) is 1. The zero-order valence-corrected chi connectivity index (χ0v) is 12.0. The van der Waals surface area contributed by atoms with Crippen LogP contribution in [-0.2, 0) is 12.8 Å². The monoisotopic (exact) mass is 280 g/mol. The molecule has 3 heteroatoms. The van der Waals surface area contributed by atoms with Crippen LogP contribution >= 0.6 is 11.3 Å². The first-order valence-electron chi connectivity index (χ1n) is 7.01. The SMILES string of the molecule is NC1CCc2cc(Cc3nc4ccccc4s3)ccc21. The number of benzene rings is 2. The van der Waals surface area contributed by atoms with Gasteiger partial charge in [0.05, 0.1) is 15.2 Å². The van der Waals surface area contributed by atoms with Crippen molar-refractivity contribution in [2.24, 2.45) is 5.73 Å². The Morgan fingerprint density at radius 2 is 2.10 bits per heavy atom. The van der Waals surface area contributed by atoms with Crippen molar-refractivity contribution in [1.29, 1.82) is 0 Å². The lowest BCUT2D eigenvalue weighted by molar-refractivity contribution is 0.713. The van der Waals surface area contributed by atoms with Gasteiger partial charge >= 0.3 is 0 Å². The van der Waals surface area contributed by atoms with E-state index < -0.39 is 0 Å². The predicted molar refractivity (Wildman–Crippen MR) is 84.1 cm³/mol. The molecule has 0 spiro atoms. The average Bonchev–Trinajstić information content (AvgIpc) is 3.02. The Balaban J connectivity index is 1.65.